The second-order valence-corrected chi connectivity index (χ2v) is 7.20. The highest BCUT2D eigenvalue weighted by Gasteiger charge is 2.17. The average Bonchev–Trinajstić information content (AvgIpc) is 3.20. The van der Waals surface area contributed by atoms with Gasteiger partial charge in [-0.1, -0.05) is 32.0 Å². The Morgan fingerprint density at radius 1 is 1.16 bits per heavy atom. The molecule has 2 aromatic carbocycles. The standard InChI is InChI=1S/C22H23NO2/c1-14(2)18-8-3-4-9-20(18)23-22(24)12-17-13-25-21-11-16-7-5-6-15(16)10-19(17)21/h3-4,8-11,13-14H,5-7,12H2,1-2H3,(H,23,24). The van der Waals surface area contributed by atoms with Gasteiger partial charge in [0, 0.05) is 16.6 Å². The van der Waals surface area contributed by atoms with Crippen LogP contribution in [0.25, 0.3) is 11.0 Å². The summed E-state index contributed by atoms with van der Waals surface area (Å²) in [5.74, 6) is 0.366. The maximum Gasteiger partial charge on any atom is 0.228 e. The number of fused-ring (bicyclic) bond motifs is 2. The summed E-state index contributed by atoms with van der Waals surface area (Å²) >= 11 is 0. The quantitative estimate of drug-likeness (QED) is 0.710. The van der Waals surface area contributed by atoms with Crippen molar-refractivity contribution >= 4 is 22.6 Å². The normalized spacial score (nSPS) is 13.4. The van der Waals surface area contributed by atoms with Gasteiger partial charge in [-0.15, -0.1) is 0 Å². The number of para-hydroxylation sites is 1. The molecule has 1 N–H and O–H groups in total. The van der Waals surface area contributed by atoms with Crippen LogP contribution in [0.5, 0.6) is 0 Å². The van der Waals surface area contributed by atoms with Gasteiger partial charge in [-0.3, -0.25) is 4.79 Å². The number of rotatable bonds is 4. The molecule has 3 aromatic rings. The lowest BCUT2D eigenvalue weighted by Crippen LogP contribution is -2.15. The second kappa shape index (κ2) is 6.40. The van der Waals surface area contributed by atoms with Crippen molar-refractivity contribution in [1.29, 1.82) is 0 Å². The lowest BCUT2D eigenvalue weighted by molar-refractivity contribution is -0.115. The van der Waals surface area contributed by atoms with Crippen LogP contribution in [-0.4, -0.2) is 5.91 Å². The third-order valence-electron chi connectivity index (χ3n) is 5.08. The number of amides is 1. The van der Waals surface area contributed by atoms with Crippen LogP contribution in [0.4, 0.5) is 5.69 Å². The van der Waals surface area contributed by atoms with Gasteiger partial charge in [0.05, 0.1) is 12.7 Å². The van der Waals surface area contributed by atoms with Crippen LogP contribution in [0.2, 0.25) is 0 Å². The van der Waals surface area contributed by atoms with Crippen LogP contribution in [-0.2, 0) is 24.1 Å². The SMILES string of the molecule is CC(C)c1ccccc1NC(=O)Cc1coc2cc3c(cc12)CCC3. The Kier molecular flexibility index (Phi) is 4.08. The molecule has 25 heavy (non-hydrogen) atoms. The molecule has 1 amide bonds. The van der Waals surface area contributed by atoms with Crippen molar-refractivity contribution in [2.24, 2.45) is 0 Å². The van der Waals surface area contributed by atoms with Crippen LogP contribution in [0.3, 0.4) is 0 Å². The van der Waals surface area contributed by atoms with Crippen molar-refractivity contribution in [3.8, 4) is 0 Å². The van der Waals surface area contributed by atoms with Gasteiger partial charge in [-0.25, -0.2) is 0 Å². The van der Waals surface area contributed by atoms with Gasteiger partial charge in [-0.05, 0) is 60.1 Å². The number of furan rings is 1. The Labute approximate surface area is 148 Å². The fourth-order valence-corrected chi connectivity index (χ4v) is 3.77. The highest BCUT2D eigenvalue weighted by atomic mass is 16.3. The first-order valence-electron chi connectivity index (χ1n) is 9.02. The molecule has 0 fully saturated rings. The number of nitrogens with one attached hydrogen (secondary N) is 1. The summed E-state index contributed by atoms with van der Waals surface area (Å²) in [7, 11) is 0. The molecule has 0 atom stereocenters. The van der Waals surface area contributed by atoms with Crippen LogP contribution in [0.15, 0.2) is 47.1 Å². The molecule has 0 spiro atoms. The van der Waals surface area contributed by atoms with E-state index in [0.29, 0.717) is 12.3 Å². The molecular weight excluding hydrogens is 310 g/mol. The molecule has 1 aliphatic carbocycles. The monoisotopic (exact) mass is 333 g/mol. The first-order chi connectivity index (χ1) is 12.1. The van der Waals surface area contributed by atoms with Crippen molar-refractivity contribution < 1.29 is 9.21 Å². The molecule has 0 radical (unpaired) electrons. The third kappa shape index (κ3) is 3.07. The molecule has 1 aromatic heterocycles. The maximum atomic E-state index is 12.6. The molecule has 0 aliphatic heterocycles. The molecule has 0 bridgehead atoms. The molecule has 0 unspecified atom stereocenters. The van der Waals surface area contributed by atoms with E-state index < -0.39 is 0 Å². The van der Waals surface area contributed by atoms with E-state index in [4.69, 9.17) is 4.42 Å². The molecule has 1 aliphatic rings. The topological polar surface area (TPSA) is 42.2 Å². The predicted molar refractivity (Wildman–Crippen MR) is 101 cm³/mol. The maximum absolute atomic E-state index is 12.6. The summed E-state index contributed by atoms with van der Waals surface area (Å²) < 4.78 is 5.71. The summed E-state index contributed by atoms with van der Waals surface area (Å²) in [4.78, 5) is 12.6. The smallest absolute Gasteiger partial charge is 0.228 e. The summed E-state index contributed by atoms with van der Waals surface area (Å²) in [6.45, 7) is 4.27. The van der Waals surface area contributed by atoms with Crippen LogP contribution in [0, 0.1) is 0 Å². The largest absolute Gasteiger partial charge is 0.464 e. The number of carbonyl (C=O) groups excluding carboxylic acids is 1. The molecule has 4 rings (SSSR count). The van der Waals surface area contributed by atoms with Gasteiger partial charge < -0.3 is 9.73 Å². The molecule has 0 saturated heterocycles. The van der Waals surface area contributed by atoms with Crippen molar-refractivity contribution in [2.75, 3.05) is 5.32 Å². The number of hydrogen-bond donors (Lipinski definition) is 1. The van der Waals surface area contributed by atoms with E-state index in [1.54, 1.807) is 6.26 Å². The van der Waals surface area contributed by atoms with Crippen molar-refractivity contribution in [1.82, 2.24) is 0 Å². The fraction of sp³-hybridized carbons (Fsp3) is 0.318. The minimum atomic E-state index is -0.00343. The first kappa shape index (κ1) is 15.9. The molecule has 0 saturated carbocycles. The zero-order valence-electron chi connectivity index (χ0n) is 14.8. The van der Waals surface area contributed by atoms with Crippen LogP contribution in [0.1, 0.15) is 48.4 Å². The van der Waals surface area contributed by atoms with Gasteiger partial charge in [0.25, 0.3) is 0 Å². The highest BCUT2D eigenvalue weighted by Crippen LogP contribution is 2.31. The van der Waals surface area contributed by atoms with Gasteiger partial charge in [0.15, 0.2) is 0 Å². The lowest BCUT2D eigenvalue weighted by atomic mass is 10.0. The summed E-state index contributed by atoms with van der Waals surface area (Å²) in [5.41, 5.74) is 6.71. The Morgan fingerprint density at radius 2 is 1.92 bits per heavy atom. The Hall–Kier alpha value is -2.55. The Bertz CT molecular complexity index is 936. The Morgan fingerprint density at radius 3 is 2.72 bits per heavy atom. The van der Waals surface area contributed by atoms with Crippen molar-refractivity contribution in [3.05, 3.63) is 64.9 Å². The number of carbonyl (C=O) groups is 1. The zero-order valence-corrected chi connectivity index (χ0v) is 14.8. The minimum Gasteiger partial charge on any atom is -0.464 e. The summed E-state index contributed by atoms with van der Waals surface area (Å²) in [5, 5.41) is 4.14. The van der Waals surface area contributed by atoms with E-state index in [1.165, 1.54) is 17.5 Å². The van der Waals surface area contributed by atoms with Gasteiger partial charge >= 0.3 is 0 Å². The van der Waals surface area contributed by atoms with Gasteiger partial charge in [0.1, 0.15) is 5.58 Å². The third-order valence-corrected chi connectivity index (χ3v) is 5.08. The molecule has 1 heterocycles. The minimum absolute atomic E-state index is 0.00343. The number of aryl methyl sites for hydroxylation is 2. The van der Waals surface area contributed by atoms with E-state index in [1.807, 2.05) is 18.2 Å². The molecule has 128 valence electrons. The molecule has 3 heteroatoms. The van der Waals surface area contributed by atoms with Gasteiger partial charge in [0.2, 0.25) is 5.91 Å². The van der Waals surface area contributed by atoms with Gasteiger partial charge in [-0.2, -0.15) is 0 Å². The summed E-state index contributed by atoms with van der Waals surface area (Å²) in [6, 6.07) is 12.4. The van der Waals surface area contributed by atoms with E-state index in [-0.39, 0.29) is 5.91 Å². The second-order valence-electron chi connectivity index (χ2n) is 7.20. The van der Waals surface area contributed by atoms with E-state index in [9.17, 15) is 4.79 Å². The van der Waals surface area contributed by atoms with E-state index in [0.717, 1.165) is 40.6 Å². The van der Waals surface area contributed by atoms with E-state index >= 15 is 0 Å². The van der Waals surface area contributed by atoms with E-state index in [2.05, 4.69) is 37.4 Å². The number of hydrogen-bond acceptors (Lipinski definition) is 2. The lowest BCUT2D eigenvalue weighted by Gasteiger charge is -2.13. The van der Waals surface area contributed by atoms with Crippen molar-refractivity contribution in [3.63, 3.8) is 0 Å². The summed E-state index contributed by atoms with van der Waals surface area (Å²) in [6.07, 6.45) is 5.54. The predicted octanol–water partition coefficient (Wildman–Crippen LogP) is 5.23. The Balaban J connectivity index is 1.57. The molecule has 3 nitrogen and oxygen atoms in total. The fourth-order valence-electron chi connectivity index (χ4n) is 3.77. The highest BCUT2D eigenvalue weighted by molar-refractivity contribution is 5.96. The number of benzene rings is 2. The van der Waals surface area contributed by atoms with Crippen LogP contribution < -0.4 is 5.32 Å². The zero-order chi connectivity index (χ0) is 17.4. The first-order valence-corrected chi connectivity index (χ1v) is 9.02. The molecular formula is C22H23NO2. The van der Waals surface area contributed by atoms with Crippen molar-refractivity contribution in [2.45, 2.75) is 45.4 Å². The number of anilines is 1. The van der Waals surface area contributed by atoms with Crippen LogP contribution >= 0.6 is 0 Å². The average molecular weight is 333 g/mol.